The number of likely N-dealkylation sites (tertiary alicyclic amines) is 1. The van der Waals surface area contributed by atoms with Crippen LogP contribution >= 0.6 is 31.9 Å². The van der Waals surface area contributed by atoms with Gasteiger partial charge in [0.1, 0.15) is 5.60 Å². The lowest BCUT2D eigenvalue weighted by Crippen LogP contribution is -2.48. The van der Waals surface area contributed by atoms with Crippen molar-refractivity contribution in [3.05, 3.63) is 32.7 Å². The Bertz CT molecular complexity index is 538. The smallest absolute Gasteiger partial charge is 0.407 e. The highest BCUT2D eigenvalue weighted by atomic mass is 79.9. The average Bonchev–Trinajstić information content (AvgIpc) is 2.41. The van der Waals surface area contributed by atoms with Crippen molar-refractivity contribution in [2.75, 3.05) is 13.1 Å². The van der Waals surface area contributed by atoms with Gasteiger partial charge in [-0.1, -0.05) is 37.9 Å². The van der Waals surface area contributed by atoms with Gasteiger partial charge in [0.15, 0.2) is 0 Å². The Balaban J connectivity index is 1.92. The first kappa shape index (κ1) is 18.7. The summed E-state index contributed by atoms with van der Waals surface area (Å²) in [5.41, 5.74) is 0.781. The van der Waals surface area contributed by atoms with Crippen LogP contribution in [0, 0.1) is 0 Å². The van der Waals surface area contributed by atoms with Crippen LogP contribution in [0.2, 0.25) is 0 Å². The van der Waals surface area contributed by atoms with E-state index in [9.17, 15) is 4.79 Å². The number of rotatable bonds is 3. The van der Waals surface area contributed by atoms with Crippen molar-refractivity contribution in [1.29, 1.82) is 0 Å². The molecule has 1 heterocycles. The first-order chi connectivity index (χ1) is 10.7. The van der Waals surface area contributed by atoms with Crippen LogP contribution in [0.1, 0.15) is 39.2 Å². The molecule has 1 unspecified atom stereocenters. The number of nitrogens with one attached hydrogen (secondary N) is 1. The van der Waals surface area contributed by atoms with E-state index in [1.807, 2.05) is 26.8 Å². The largest absolute Gasteiger partial charge is 0.444 e. The zero-order chi connectivity index (χ0) is 17.0. The molecule has 1 aromatic carbocycles. The van der Waals surface area contributed by atoms with E-state index in [4.69, 9.17) is 4.74 Å². The fourth-order valence-corrected chi connectivity index (χ4v) is 3.95. The Labute approximate surface area is 155 Å². The van der Waals surface area contributed by atoms with Crippen molar-refractivity contribution in [2.45, 2.75) is 51.8 Å². The van der Waals surface area contributed by atoms with Crippen LogP contribution in [0.15, 0.2) is 27.1 Å². The Morgan fingerprint density at radius 3 is 2.61 bits per heavy atom. The third-order valence-corrected chi connectivity index (χ3v) is 5.16. The molecule has 1 aromatic rings. The highest BCUT2D eigenvalue weighted by molar-refractivity contribution is 9.11. The van der Waals surface area contributed by atoms with Gasteiger partial charge in [-0.05, 0) is 57.9 Å². The molecule has 6 heteroatoms. The van der Waals surface area contributed by atoms with Gasteiger partial charge < -0.3 is 10.1 Å². The van der Waals surface area contributed by atoms with Gasteiger partial charge in [0.2, 0.25) is 0 Å². The number of carbonyl (C=O) groups is 1. The van der Waals surface area contributed by atoms with Crippen LogP contribution in [-0.2, 0) is 11.3 Å². The predicted molar refractivity (Wildman–Crippen MR) is 99.5 cm³/mol. The molecule has 1 atom stereocenters. The van der Waals surface area contributed by atoms with Crippen molar-refractivity contribution in [3.63, 3.8) is 0 Å². The zero-order valence-electron chi connectivity index (χ0n) is 13.9. The maximum absolute atomic E-state index is 11.9. The topological polar surface area (TPSA) is 41.6 Å². The van der Waals surface area contributed by atoms with Crippen molar-refractivity contribution in [2.24, 2.45) is 0 Å². The zero-order valence-corrected chi connectivity index (χ0v) is 17.0. The van der Waals surface area contributed by atoms with Gasteiger partial charge in [0.05, 0.1) is 0 Å². The second-order valence-electron chi connectivity index (χ2n) is 6.92. The van der Waals surface area contributed by atoms with E-state index in [0.29, 0.717) is 0 Å². The van der Waals surface area contributed by atoms with Gasteiger partial charge in [-0.25, -0.2) is 4.79 Å². The summed E-state index contributed by atoms with van der Waals surface area (Å²) in [6.07, 6.45) is 1.74. The molecule has 0 aliphatic carbocycles. The molecule has 0 radical (unpaired) electrons. The van der Waals surface area contributed by atoms with E-state index >= 15 is 0 Å². The molecule has 2 rings (SSSR count). The number of benzene rings is 1. The molecule has 1 saturated heterocycles. The number of ether oxygens (including phenoxy) is 1. The number of carbonyl (C=O) groups excluding carboxylic acids is 1. The van der Waals surface area contributed by atoms with Gasteiger partial charge in [-0.15, -0.1) is 0 Å². The minimum atomic E-state index is -0.460. The Kier molecular flexibility index (Phi) is 6.51. The van der Waals surface area contributed by atoms with Crippen molar-refractivity contribution in [3.8, 4) is 0 Å². The van der Waals surface area contributed by atoms with Crippen molar-refractivity contribution < 1.29 is 9.53 Å². The lowest BCUT2D eigenvalue weighted by molar-refractivity contribution is 0.0470. The number of hydrogen-bond acceptors (Lipinski definition) is 3. The van der Waals surface area contributed by atoms with Crippen molar-refractivity contribution in [1.82, 2.24) is 10.2 Å². The highest BCUT2D eigenvalue weighted by Gasteiger charge is 2.24. The minimum absolute atomic E-state index is 0.139. The van der Waals surface area contributed by atoms with Gasteiger partial charge >= 0.3 is 6.09 Å². The van der Waals surface area contributed by atoms with E-state index < -0.39 is 5.60 Å². The SMILES string of the molecule is CC(C)(C)OC(=O)NC1CCCN(Cc2c(Br)cccc2Br)C1. The summed E-state index contributed by atoms with van der Waals surface area (Å²) in [7, 11) is 0. The summed E-state index contributed by atoms with van der Waals surface area (Å²) in [5.74, 6) is 0. The van der Waals surface area contributed by atoms with Crippen LogP contribution in [-0.4, -0.2) is 35.7 Å². The van der Waals surface area contributed by atoms with Crippen LogP contribution in [0.3, 0.4) is 0 Å². The molecule has 1 N–H and O–H groups in total. The number of piperidine rings is 1. The van der Waals surface area contributed by atoms with Gasteiger partial charge in [0.25, 0.3) is 0 Å². The molecule has 1 amide bonds. The lowest BCUT2D eigenvalue weighted by Gasteiger charge is -2.34. The molecule has 128 valence electrons. The minimum Gasteiger partial charge on any atom is -0.444 e. The van der Waals surface area contributed by atoms with E-state index in [1.54, 1.807) is 0 Å². The third-order valence-electron chi connectivity index (χ3n) is 3.67. The van der Waals surface area contributed by atoms with Crippen LogP contribution in [0.25, 0.3) is 0 Å². The lowest BCUT2D eigenvalue weighted by atomic mass is 10.0. The van der Waals surface area contributed by atoms with E-state index in [-0.39, 0.29) is 12.1 Å². The summed E-state index contributed by atoms with van der Waals surface area (Å²) in [6, 6.07) is 6.27. The predicted octanol–water partition coefficient (Wildman–Crippen LogP) is 4.70. The molecular formula is C17H24Br2N2O2. The van der Waals surface area contributed by atoms with Crippen LogP contribution in [0.5, 0.6) is 0 Å². The van der Waals surface area contributed by atoms with E-state index in [0.717, 1.165) is 41.4 Å². The molecule has 4 nitrogen and oxygen atoms in total. The van der Waals surface area contributed by atoms with Gasteiger partial charge in [-0.3, -0.25) is 4.90 Å². The molecule has 1 aliphatic rings. The molecule has 0 aromatic heterocycles. The van der Waals surface area contributed by atoms with Crippen LogP contribution in [0.4, 0.5) is 4.79 Å². The fraction of sp³-hybridized carbons (Fsp3) is 0.588. The van der Waals surface area contributed by atoms with Gasteiger partial charge in [-0.2, -0.15) is 0 Å². The standard InChI is InChI=1S/C17H24Br2N2O2/c1-17(2,3)23-16(22)20-12-6-5-9-21(10-12)11-13-14(18)7-4-8-15(13)19/h4,7-8,12H,5-6,9-11H2,1-3H3,(H,20,22). The summed E-state index contributed by atoms with van der Waals surface area (Å²) in [4.78, 5) is 14.3. The number of hydrogen-bond donors (Lipinski definition) is 1. The molecule has 1 aliphatic heterocycles. The quantitative estimate of drug-likeness (QED) is 0.729. The molecule has 23 heavy (non-hydrogen) atoms. The molecule has 1 fully saturated rings. The van der Waals surface area contributed by atoms with Crippen LogP contribution < -0.4 is 5.32 Å². The first-order valence-corrected chi connectivity index (χ1v) is 9.48. The first-order valence-electron chi connectivity index (χ1n) is 7.89. The molecule has 0 saturated carbocycles. The number of nitrogens with zero attached hydrogens (tertiary/aromatic N) is 1. The number of alkyl carbamates (subject to hydrolysis) is 1. The van der Waals surface area contributed by atoms with E-state index in [1.165, 1.54) is 5.56 Å². The Hall–Kier alpha value is -0.590. The second-order valence-corrected chi connectivity index (χ2v) is 8.63. The average molecular weight is 448 g/mol. The second kappa shape index (κ2) is 7.99. The molecule has 0 bridgehead atoms. The summed E-state index contributed by atoms with van der Waals surface area (Å²) in [6.45, 7) is 8.38. The molecular weight excluding hydrogens is 424 g/mol. The Morgan fingerprint density at radius 2 is 2.00 bits per heavy atom. The maximum atomic E-state index is 11.9. The van der Waals surface area contributed by atoms with Gasteiger partial charge in [0, 0.05) is 28.1 Å². The normalized spacial score (nSPS) is 19.4. The van der Waals surface area contributed by atoms with Crippen molar-refractivity contribution >= 4 is 38.0 Å². The number of amides is 1. The summed E-state index contributed by atoms with van der Waals surface area (Å²) >= 11 is 7.23. The van der Waals surface area contributed by atoms with E-state index in [2.05, 4.69) is 54.2 Å². The summed E-state index contributed by atoms with van der Waals surface area (Å²) < 4.78 is 7.56. The highest BCUT2D eigenvalue weighted by Crippen LogP contribution is 2.27. The maximum Gasteiger partial charge on any atom is 0.407 e. The summed E-state index contributed by atoms with van der Waals surface area (Å²) in [5, 5.41) is 2.99. The third kappa shape index (κ3) is 6.08. The molecule has 0 spiro atoms. The number of halogens is 2. The fourth-order valence-electron chi connectivity index (χ4n) is 2.70. The monoisotopic (exact) mass is 446 g/mol. The Morgan fingerprint density at radius 1 is 1.35 bits per heavy atom.